The maximum absolute atomic E-state index is 11.7. The molecule has 1 aromatic carbocycles. The predicted molar refractivity (Wildman–Crippen MR) is 102 cm³/mol. The Labute approximate surface area is 148 Å². The fourth-order valence-electron chi connectivity index (χ4n) is 2.81. The molecule has 3 nitrogen and oxygen atoms in total. The third kappa shape index (κ3) is 7.76. The molecule has 0 fully saturated rings. The van der Waals surface area contributed by atoms with Crippen LogP contribution in [-0.4, -0.2) is 18.7 Å². The van der Waals surface area contributed by atoms with Gasteiger partial charge >= 0.3 is 0 Å². The Balaban J connectivity index is 0.00000163. The van der Waals surface area contributed by atoms with E-state index in [0.29, 0.717) is 23.8 Å². The van der Waals surface area contributed by atoms with Crippen molar-refractivity contribution >= 4 is 11.7 Å². The van der Waals surface area contributed by atoms with E-state index in [0.717, 1.165) is 12.8 Å². The van der Waals surface area contributed by atoms with Gasteiger partial charge in [0, 0.05) is 19.0 Å². The third-order valence-electron chi connectivity index (χ3n) is 4.26. The quantitative estimate of drug-likeness (QED) is 0.767. The molecule has 136 valence electrons. The van der Waals surface area contributed by atoms with Gasteiger partial charge in [-0.15, -0.1) is 0 Å². The summed E-state index contributed by atoms with van der Waals surface area (Å²) >= 11 is 0. The lowest BCUT2D eigenvalue weighted by molar-refractivity contribution is -0.118. The van der Waals surface area contributed by atoms with E-state index in [-0.39, 0.29) is 11.7 Å². The van der Waals surface area contributed by atoms with Crippen molar-refractivity contribution in [2.24, 2.45) is 11.8 Å². The highest BCUT2D eigenvalue weighted by Crippen LogP contribution is 2.25. The van der Waals surface area contributed by atoms with E-state index in [1.807, 2.05) is 18.2 Å². The fraction of sp³-hybridized carbons (Fsp3) is 0.619. The minimum absolute atomic E-state index is 0.0559. The zero-order chi connectivity index (χ0) is 18.7. The highest BCUT2D eigenvalue weighted by molar-refractivity contribution is 5.94. The number of rotatable bonds is 7. The summed E-state index contributed by atoms with van der Waals surface area (Å²) in [7, 11) is 1.64. The fourth-order valence-corrected chi connectivity index (χ4v) is 2.81. The number of ketones is 1. The summed E-state index contributed by atoms with van der Waals surface area (Å²) in [5, 5.41) is 2.66. The van der Waals surface area contributed by atoms with Gasteiger partial charge < -0.3 is 10.1 Å². The van der Waals surface area contributed by atoms with E-state index >= 15 is 0 Å². The van der Waals surface area contributed by atoms with Crippen LogP contribution in [0.2, 0.25) is 0 Å². The Kier molecular flexibility index (Phi) is 11.0. The van der Waals surface area contributed by atoms with Gasteiger partial charge in [0.15, 0.2) is 0 Å². The van der Waals surface area contributed by atoms with Crippen molar-refractivity contribution in [3.05, 3.63) is 34.9 Å². The molecule has 0 aliphatic carbocycles. The molecule has 0 heterocycles. The summed E-state index contributed by atoms with van der Waals surface area (Å²) in [5.74, 6) is 1.03. The molecule has 1 aromatic rings. The maximum Gasteiger partial charge on any atom is 0.251 e. The lowest BCUT2D eigenvalue weighted by Gasteiger charge is -2.22. The number of amides is 1. The summed E-state index contributed by atoms with van der Waals surface area (Å²) in [6, 6.07) is 5.83. The first kappa shape index (κ1) is 22.4. The van der Waals surface area contributed by atoms with Crippen LogP contribution < -0.4 is 5.32 Å². The molecular weight excluding hydrogens is 298 g/mol. The Morgan fingerprint density at radius 2 is 1.75 bits per heavy atom. The van der Waals surface area contributed by atoms with Crippen LogP contribution >= 0.6 is 0 Å². The average Bonchev–Trinajstić information content (AvgIpc) is 2.54. The summed E-state index contributed by atoms with van der Waals surface area (Å²) in [5.41, 5.74) is 3.10. The van der Waals surface area contributed by atoms with Crippen LogP contribution in [0, 0.1) is 18.8 Å². The van der Waals surface area contributed by atoms with Gasteiger partial charge in [-0.3, -0.25) is 4.79 Å². The predicted octanol–water partition coefficient (Wildman–Crippen LogP) is 4.95. The largest absolute Gasteiger partial charge is 0.355 e. The molecule has 0 saturated heterocycles. The molecule has 3 heteroatoms. The first-order valence-electron chi connectivity index (χ1n) is 9.11. The number of carbonyl (C=O) groups is 2. The second kappa shape index (κ2) is 11.8. The highest BCUT2D eigenvalue weighted by atomic mass is 16.1. The van der Waals surface area contributed by atoms with Gasteiger partial charge in [0.2, 0.25) is 0 Å². The van der Waals surface area contributed by atoms with E-state index in [2.05, 4.69) is 39.9 Å². The second-order valence-corrected chi connectivity index (χ2v) is 6.68. The first-order valence-corrected chi connectivity index (χ1v) is 9.11. The van der Waals surface area contributed by atoms with Crippen LogP contribution in [0.5, 0.6) is 0 Å². The van der Waals surface area contributed by atoms with Gasteiger partial charge in [0.05, 0.1) is 0 Å². The molecule has 0 aliphatic heterocycles. The van der Waals surface area contributed by atoms with Crippen molar-refractivity contribution in [1.29, 1.82) is 0 Å². The molecule has 1 amide bonds. The lowest BCUT2D eigenvalue weighted by atomic mass is 9.82. The van der Waals surface area contributed by atoms with Crippen molar-refractivity contribution in [2.75, 3.05) is 7.05 Å². The third-order valence-corrected chi connectivity index (χ3v) is 4.26. The molecule has 0 radical (unpaired) electrons. The summed E-state index contributed by atoms with van der Waals surface area (Å²) in [6.07, 6.45) is 3.81. The SMILES string of the molecule is CCC.CC[C@H](CC(C)=O)C(C)Cc1cc(C(=O)NC)ccc1C. The maximum atomic E-state index is 11.7. The van der Waals surface area contributed by atoms with E-state index in [4.69, 9.17) is 0 Å². The molecule has 0 aromatic heterocycles. The van der Waals surface area contributed by atoms with E-state index < -0.39 is 0 Å². The Bertz CT molecular complexity index is 523. The number of nitrogens with one attached hydrogen (secondary N) is 1. The first-order chi connectivity index (χ1) is 11.3. The normalized spacial score (nSPS) is 12.6. The Hall–Kier alpha value is -1.64. The van der Waals surface area contributed by atoms with Crippen LogP contribution in [0.1, 0.15) is 75.4 Å². The minimum atomic E-state index is -0.0559. The topological polar surface area (TPSA) is 46.2 Å². The van der Waals surface area contributed by atoms with Crippen molar-refractivity contribution in [1.82, 2.24) is 5.32 Å². The van der Waals surface area contributed by atoms with Crippen molar-refractivity contribution < 1.29 is 9.59 Å². The van der Waals surface area contributed by atoms with Crippen molar-refractivity contribution in [3.8, 4) is 0 Å². The van der Waals surface area contributed by atoms with E-state index in [1.165, 1.54) is 17.5 Å². The lowest BCUT2D eigenvalue weighted by Crippen LogP contribution is -2.19. The average molecular weight is 334 g/mol. The van der Waals surface area contributed by atoms with Gasteiger partial charge in [-0.2, -0.15) is 0 Å². The van der Waals surface area contributed by atoms with Crippen LogP contribution in [0.3, 0.4) is 0 Å². The smallest absolute Gasteiger partial charge is 0.251 e. The summed E-state index contributed by atoms with van der Waals surface area (Å²) in [4.78, 5) is 23.1. The molecule has 1 N–H and O–H groups in total. The molecule has 2 atom stereocenters. The molecule has 0 spiro atoms. The zero-order valence-corrected chi connectivity index (χ0v) is 16.5. The van der Waals surface area contributed by atoms with Gasteiger partial charge in [0.1, 0.15) is 5.78 Å². The Morgan fingerprint density at radius 1 is 1.17 bits per heavy atom. The molecule has 24 heavy (non-hydrogen) atoms. The highest BCUT2D eigenvalue weighted by Gasteiger charge is 2.19. The molecule has 1 rings (SSSR count). The minimum Gasteiger partial charge on any atom is -0.355 e. The number of aryl methyl sites for hydroxylation is 1. The van der Waals surface area contributed by atoms with Gasteiger partial charge in [-0.05, 0) is 55.4 Å². The summed E-state index contributed by atoms with van der Waals surface area (Å²) < 4.78 is 0. The number of Topliss-reactive ketones (excluding diaryl/α,β-unsaturated/α-hetero) is 1. The number of carbonyl (C=O) groups excluding carboxylic acids is 2. The molecule has 0 saturated carbocycles. The van der Waals surface area contributed by atoms with E-state index in [9.17, 15) is 9.59 Å². The van der Waals surface area contributed by atoms with Gasteiger partial charge in [-0.1, -0.05) is 46.6 Å². The van der Waals surface area contributed by atoms with Crippen molar-refractivity contribution in [3.63, 3.8) is 0 Å². The number of hydrogen-bond donors (Lipinski definition) is 1. The van der Waals surface area contributed by atoms with Crippen molar-refractivity contribution in [2.45, 2.75) is 67.2 Å². The monoisotopic (exact) mass is 333 g/mol. The van der Waals surface area contributed by atoms with Gasteiger partial charge in [0.25, 0.3) is 5.91 Å². The molecule has 0 bridgehead atoms. The zero-order valence-electron chi connectivity index (χ0n) is 16.5. The van der Waals surface area contributed by atoms with Crippen LogP contribution in [-0.2, 0) is 11.2 Å². The Morgan fingerprint density at radius 3 is 2.21 bits per heavy atom. The van der Waals surface area contributed by atoms with Crippen LogP contribution in [0.25, 0.3) is 0 Å². The van der Waals surface area contributed by atoms with Crippen LogP contribution in [0.15, 0.2) is 18.2 Å². The number of hydrogen-bond acceptors (Lipinski definition) is 2. The van der Waals surface area contributed by atoms with Crippen LogP contribution in [0.4, 0.5) is 0 Å². The van der Waals surface area contributed by atoms with E-state index in [1.54, 1.807) is 14.0 Å². The molecule has 1 unspecified atom stereocenters. The standard InChI is InChI=1S/C18H27NO2.C3H8/c1-6-15(10-14(4)20)13(3)9-17-11-16(18(21)19-5)8-7-12(17)2;1-3-2/h7-8,11,13,15H,6,9-10H2,1-5H3,(H,19,21);3H2,1-2H3/t13?,15-;/m1./s1. The molecular formula is C21H35NO2. The summed E-state index contributed by atoms with van der Waals surface area (Å²) in [6.45, 7) is 12.3. The number of benzene rings is 1. The molecule has 0 aliphatic rings. The van der Waals surface area contributed by atoms with Gasteiger partial charge in [-0.25, -0.2) is 0 Å². The second-order valence-electron chi connectivity index (χ2n) is 6.68.